The number of nitrogens with one attached hydrogen (secondary N) is 1. The van der Waals surface area contributed by atoms with E-state index < -0.39 is 10.0 Å². The van der Waals surface area contributed by atoms with Gasteiger partial charge in [-0.2, -0.15) is 0 Å². The first-order chi connectivity index (χ1) is 11.0. The van der Waals surface area contributed by atoms with Gasteiger partial charge in [-0.25, -0.2) is 13.1 Å². The van der Waals surface area contributed by atoms with Gasteiger partial charge in [0.1, 0.15) is 0 Å². The summed E-state index contributed by atoms with van der Waals surface area (Å²) in [6.07, 6.45) is 5.56. The van der Waals surface area contributed by atoms with Gasteiger partial charge >= 0.3 is 0 Å². The van der Waals surface area contributed by atoms with Crippen molar-refractivity contribution in [1.82, 2.24) is 9.62 Å². The Kier molecular flexibility index (Phi) is 5.96. The van der Waals surface area contributed by atoms with E-state index in [1.807, 2.05) is 4.90 Å². The van der Waals surface area contributed by atoms with Crippen molar-refractivity contribution in [1.29, 1.82) is 0 Å². The molecule has 1 atom stereocenters. The third-order valence-corrected chi connectivity index (χ3v) is 5.59. The second-order valence-electron chi connectivity index (χ2n) is 5.72. The molecule has 1 fully saturated rings. The average molecular weight is 336 g/mol. The van der Waals surface area contributed by atoms with Gasteiger partial charge in [0.15, 0.2) is 0 Å². The number of hydrogen-bond donors (Lipinski definition) is 1. The van der Waals surface area contributed by atoms with Gasteiger partial charge < -0.3 is 4.90 Å². The fraction of sp³-hybridized carbons (Fsp3) is 0.471. The Hall–Kier alpha value is -1.66. The number of carbonyl (C=O) groups excluding carboxylic acids is 1. The molecule has 1 unspecified atom stereocenters. The molecule has 1 amide bonds. The second kappa shape index (κ2) is 7.75. The molecule has 1 aliphatic rings. The van der Waals surface area contributed by atoms with E-state index in [-0.39, 0.29) is 23.4 Å². The summed E-state index contributed by atoms with van der Waals surface area (Å²) in [6, 6.07) is 6.48. The van der Waals surface area contributed by atoms with Crippen molar-refractivity contribution in [2.24, 2.45) is 0 Å². The lowest BCUT2D eigenvalue weighted by Crippen LogP contribution is -2.43. The van der Waals surface area contributed by atoms with Gasteiger partial charge in [-0.3, -0.25) is 4.79 Å². The Bertz CT molecular complexity index is 670. The highest BCUT2D eigenvalue weighted by Gasteiger charge is 2.26. The maximum absolute atomic E-state index is 12.8. The van der Waals surface area contributed by atoms with Crippen LogP contribution in [0.4, 0.5) is 0 Å². The monoisotopic (exact) mass is 336 g/mol. The van der Waals surface area contributed by atoms with Gasteiger partial charge in [0.2, 0.25) is 10.0 Å². The molecule has 0 aromatic heterocycles. The number of carbonyl (C=O) groups is 1. The van der Waals surface area contributed by atoms with Crippen LogP contribution in [0.5, 0.6) is 0 Å². The third-order valence-electron chi connectivity index (χ3n) is 4.17. The summed E-state index contributed by atoms with van der Waals surface area (Å²) in [5, 5.41) is 0. The predicted octanol–water partition coefficient (Wildman–Crippen LogP) is 2.56. The largest absolute Gasteiger partial charge is 0.336 e. The first-order valence-electron chi connectivity index (χ1n) is 8.01. The molecule has 1 saturated heterocycles. The Morgan fingerprint density at radius 2 is 2.22 bits per heavy atom. The molecule has 1 heterocycles. The van der Waals surface area contributed by atoms with Crippen molar-refractivity contribution in [2.75, 3.05) is 13.1 Å². The molecular weight excluding hydrogens is 312 g/mol. The molecule has 0 spiro atoms. The van der Waals surface area contributed by atoms with Crippen molar-refractivity contribution >= 4 is 15.9 Å². The maximum Gasteiger partial charge on any atom is 0.254 e. The molecule has 1 aliphatic heterocycles. The SMILES string of the molecule is C=CCNS(=O)(=O)c1cccc(C(=O)N2CCCCC2CC)c1. The number of nitrogens with zero attached hydrogens (tertiary/aromatic N) is 1. The van der Waals surface area contributed by atoms with Crippen LogP contribution in [-0.2, 0) is 10.0 Å². The zero-order chi connectivity index (χ0) is 16.9. The van der Waals surface area contributed by atoms with Crippen molar-refractivity contribution in [3.8, 4) is 0 Å². The molecule has 0 aliphatic carbocycles. The van der Waals surface area contributed by atoms with Crippen LogP contribution in [0, 0.1) is 0 Å². The van der Waals surface area contributed by atoms with E-state index in [1.165, 1.54) is 18.2 Å². The lowest BCUT2D eigenvalue weighted by molar-refractivity contribution is 0.0608. The fourth-order valence-electron chi connectivity index (χ4n) is 2.91. The third kappa shape index (κ3) is 4.20. The predicted molar refractivity (Wildman–Crippen MR) is 90.8 cm³/mol. The van der Waals surface area contributed by atoms with Crippen LogP contribution >= 0.6 is 0 Å². The minimum atomic E-state index is -3.62. The van der Waals surface area contributed by atoms with Crippen molar-refractivity contribution in [3.05, 3.63) is 42.5 Å². The average Bonchev–Trinajstić information content (AvgIpc) is 2.59. The molecule has 1 aromatic rings. The number of sulfonamides is 1. The molecular formula is C17H24N2O3S. The molecule has 0 bridgehead atoms. The number of amides is 1. The van der Waals surface area contributed by atoms with Gasteiger partial charge in [-0.1, -0.05) is 19.1 Å². The minimum absolute atomic E-state index is 0.0858. The van der Waals surface area contributed by atoms with E-state index in [1.54, 1.807) is 12.1 Å². The van der Waals surface area contributed by atoms with Crippen molar-refractivity contribution < 1.29 is 13.2 Å². The first-order valence-corrected chi connectivity index (χ1v) is 9.49. The second-order valence-corrected chi connectivity index (χ2v) is 7.49. The summed E-state index contributed by atoms with van der Waals surface area (Å²) in [5.41, 5.74) is 0.423. The molecule has 126 valence electrons. The minimum Gasteiger partial charge on any atom is -0.336 e. The van der Waals surface area contributed by atoms with E-state index in [0.29, 0.717) is 5.56 Å². The zero-order valence-corrected chi connectivity index (χ0v) is 14.3. The summed E-state index contributed by atoms with van der Waals surface area (Å²) in [5.74, 6) is -0.0858. The Morgan fingerprint density at radius 3 is 2.91 bits per heavy atom. The highest BCUT2D eigenvalue weighted by Crippen LogP contribution is 2.22. The van der Waals surface area contributed by atoms with Gasteiger partial charge in [0.25, 0.3) is 5.91 Å². The summed E-state index contributed by atoms with van der Waals surface area (Å²) < 4.78 is 26.8. The molecule has 2 rings (SSSR count). The molecule has 0 radical (unpaired) electrons. The van der Waals surface area contributed by atoms with Crippen LogP contribution < -0.4 is 4.72 Å². The van der Waals surface area contributed by atoms with Crippen LogP contribution in [0.2, 0.25) is 0 Å². The topological polar surface area (TPSA) is 66.5 Å². The lowest BCUT2D eigenvalue weighted by atomic mass is 9.99. The zero-order valence-electron chi connectivity index (χ0n) is 13.5. The lowest BCUT2D eigenvalue weighted by Gasteiger charge is -2.35. The Balaban J connectivity index is 2.25. The Labute approximate surface area is 138 Å². The van der Waals surface area contributed by atoms with E-state index >= 15 is 0 Å². The van der Waals surface area contributed by atoms with Crippen LogP contribution in [-0.4, -0.2) is 38.4 Å². The molecule has 1 aromatic carbocycles. The standard InChI is InChI=1S/C17H24N2O3S/c1-3-11-18-23(21,22)16-10-7-8-14(13-16)17(20)19-12-6-5-9-15(19)4-2/h3,7-8,10,13,15,18H,1,4-6,9,11-12H2,2H3. The quantitative estimate of drug-likeness (QED) is 0.812. The highest BCUT2D eigenvalue weighted by molar-refractivity contribution is 7.89. The normalized spacial score (nSPS) is 18.7. The van der Waals surface area contributed by atoms with E-state index in [2.05, 4.69) is 18.2 Å². The van der Waals surface area contributed by atoms with Gasteiger partial charge in [-0.15, -0.1) is 6.58 Å². The molecule has 0 saturated carbocycles. The first kappa shape index (κ1) is 17.7. The molecule has 6 heteroatoms. The smallest absolute Gasteiger partial charge is 0.254 e. The van der Waals surface area contributed by atoms with E-state index in [0.717, 1.165) is 32.2 Å². The molecule has 23 heavy (non-hydrogen) atoms. The summed E-state index contributed by atoms with van der Waals surface area (Å²) in [4.78, 5) is 14.7. The Morgan fingerprint density at radius 1 is 1.43 bits per heavy atom. The van der Waals surface area contributed by atoms with E-state index in [9.17, 15) is 13.2 Å². The molecule has 5 nitrogen and oxygen atoms in total. The van der Waals surface area contributed by atoms with Gasteiger partial charge in [0.05, 0.1) is 4.90 Å². The summed E-state index contributed by atoms with van der Waals surface area (Å²) in [6.45, 7) is 6.47. The van der Waals surface area contributed by atoms with Crippen molar-refractivity contribution in [2.45, 2.75) is 43.5 Å². The van der Waals surface area contributed by atoms with Gasteiger partial charge in [0, 0.05) is 24.7 Å². The van der Waals surface area contributed by atoms with E-state index in [4.69, 9.17) is 0 Å². The number of rotatable bonds is 6. The summed E-state index contributed by atoms with van der Waals surface area (Å²) in [7, 11) is -3.62. The number of piperidine rings is 1. The number of benzene rings is 1. The molecule has 1 N–H and O–H groups in total. The highest BCUT2D eigenvalue weighted by atomic mass is 32.2. The van der Waals surface area contributed by atoms with Crippen LogP contribution in [0.1, 0.15) is 43.0 Å². The maximum atomic E-state index is 12.8. The van der Waals surface area contributed by atoms with Crippen molar-refractivity contribution in [3.63, 3.8) is 0 Å². The fourth-order valence-corrected chi connectivity index (χ4v) is 3.95. The summed E-state index contributed by atoms with van der Waals surface area (Å²) >= 11 is 0. The number of hydrogen-bond acceptors (Lipinski definition) is 3. The van der Waals surface area contributed by atoms with Crippen LogP contribution in [0.3, 0.4) is 0 Å². The van der Waals surface area contributed by atoms with Crippen LogP contribution in [0.15, 0.2) is 41.8 Å². The number of likely N-dealkylation sites (tertiary alicyclic amines) is 1. The van der Waals surface area contributed by atoms with Gasteiger partial charge in [-0.05, 0) is 43.9 Å². The van der Waals surface area contributed by atoms with Crippen LogP contribution in [0.25, 0.3) is 0 Å².